The van der Waals surface area contributed by atoms with E-state index in [0.717, 1.165) is 5.52 Å². The quantitative estimate of drug-likeness (QED) is 0.707. The average Bonchev–Trinajstić information content (AvgIpc) is 2.33. The van der Waals surface area contributed by atoms with E-state index in [2.05, 4.69) is 44.9 Å². The van der Waals surface area contributed by atoms with E-state index >= 15 is 0 Å². The minimum Gasteiger partial charge on any atom is -0.285 e. The van der Waals surface area contributed by atoms with Crippen LogP contribution < -0.4 is 0 Å². The van der Waals surface area contributed by atoms with Gasteiger partial charge in [-0.15, -0.1) is 0 Å². The lowest BCUT2D eigenvalue weighted by Gasteiger charge is -1.86. The Labute approximate surface area is 71.8 Å². The van der Waals surface area contributed by atoms with Crippen LogP contribution in [0.5, 0.6) is 0 Å². The fourth-order valence-electron chi connectivity index (χ4n) is 0.907. The molecule has 1 N–H and O–H groups in total. The largest absolute Gasteiger partial charge is 0.285 e. The predicted molar refractivity (Wildman–Crippen MR) is 48.8 cm³/mol. The van der Waals surface area contributed by atoms with Gasteiger partial charge in [-0.2, -0.15) is 5.10 Å². The van der Waals surface area contributed by atoms with Crippen molar-refractivity contribution in [2.75, 3.05) is 0 Å². The molecule has 0 aliphatic heterocycles. The number of nitrogens with zero attached hydrogens (tertiary/aromatic N) is 1. The average molecular weight is 244 g/mol. The van der Waals surface area contributed by atoms with Gasteiger partial charge in [-0.05, 0) is 34.7 Å². The highest BCUT2D eigenvalue weighted by atomic mass is 127. The second kappa shape index (κ2) is 2.23. The van der Waals surface area contributed by atoms with Crippen molar-refractivity contribution in [1.82, 2.24) is 10.2 Å². The summed E-state index contributed by atoms with van der Waals surface area (Å²) >= 11 is 2.27. The minimum absolute atomic E-state index is 1.03. The molecule has 0 atom stereocenters. The number of H-pyrrole nitrogens is 1. The molecule has 0 bridgehead atoms. The van der Waals surface area contributed by atoms with E-state index in [1.807, 2.05) is 12.3 Å². The molecule has 1 heterocycles. The first-order chi connectivity index (χ1) is 4.86. The van der Waals surface area contributed by atoms with E-state index in [4.69, 9.17) is 0 Å². The van der Waals surface area contributed by atoms with E-state index in [9.17, 15) is 0 Å². The van der Waals surface area contributed by atoms with Crippen LogP contribution in [0.1, 0.15) is 0 Å². The van der Waals surface area contributed by atoms with Crippen molar-refractivity contribution in [2.45, 2.75) is 0 Å². The molecule has 0 amide bonds. The fraction of sp³-hybridized carbons (Fsp3) is 0. The summed E-state index contributed by atoms with van der Waals surface area (Å²) in [4.78, 5) is 0. The van der Waals surface area contributed by atoms with Gasteiger partial charge in [0.25, 0.3) is 0 Å². The Bertz CT molecular complexity index is 353. The van der Waals surface area contributed by atoms with Crippen molar-refractivity contribution in [1.29, 1.82) is 0 Å². The lowest BCUT2D eigenvalue weighted by atomic mass is 10.3. The lowest BCUT2D eigenvalue weighted by Crippen LogP contribution is -1.70. The normalized spacial score (nSPS) is 10.5. The van der Waals surface area contributed by atoms with Crippen LogP contribution >= 0.6 is 22.6 Å². The molecule has 10 heavy (non-hydrogen) atoms. The maximum atomic E-state index is 4.05. The molecule has 0 aliphatic rings. The molecule has 50 valence electrons. The van der Waals surface area contributed by atoms with Gasteiger partial charge < -0.3 is 0 Å². The number of rotatable bonds is 0. The number of aromatic nitrogens is 2. The number of benzene rings is 1. The molecule has 1 aromatic heterocycles. The van der Waals surface area contributed by atoms with Crippen molar-refractivity contribution < 1.29 is 0 Å². The summed E-state index contributed by atoms with van der Waals surface area (Å²) in [5.74, 6) is 0. The van der Waals surface area contributed by atoms with Gasteiger partial charge in [0.1, 0.15) is 0 Å². The third-order valence-electron chi connectivity index (χ3n) is 1.40. The van der Waals surface area contributed by atoms with Crippen molar-refractivity contribution in [3.05, 3.63) is 28.0 Å². The number of nitrogens with one attached hydrogen (secondary N) is 1. The number of hydrogen-bond donors (Lipinski definition) is 1. The zero-order valence-corrected chi connectivity index (χ0v) is 7.29. The zero-order chi connectivity index (χ0) is 6.97. The van der Waals surface area contributed by atoms with E-state index in [-0.39, 0.29) is 0 Å². The Hall–Kier alpha value is -0.580. The van der Waals surface area contributed by atoms with Crippen LogP contribution in [0.3, 0.4) is 0 Å². The topological polar surface area (TPSA) is 28.7 Å². The molecule has 0 saturated heterocycles. The molecule has 0 saturated carbocycles. The van der Waals surface area contributed by atoms with E-state index in [1.54, 1.807) is 0 Å². The molecule has 0 aliphatic carbocycles. The zero-order valence-electron chi connectivity index (χ0n) is 5.13. The highest BCUT2D eigenvalue weighted by Gasteiger charge is 1.93. The van der Waals surface area contributed by atoms with Crippen LogP contribution in [0.2, 0.25) is 0 Å². The van der Waals surface area contributed by atoms with Crippen LogP contribution in [0.15, 0.2) is 24.4 Å². The maximum Gasteiger partial charge on any atom is 0.0931 e. The van der Waals surface area contributed by atoms with E-state index in [1.165, 1.54) is 8.96 Å². The van der Waals surface area contributed by atoms with Crippen molar-refractivity contribution in [3.63, 3.8) is 0 Å². The smallest absolute Gasteiger partial charge is 0.0931 e. The molecule has 0 fully saturated rings. The first kappa shape index (κ1) is 6.15. The monoisotopic (exact) mass is 244 g/mol. The molecule has 3 heteroatoms. The van der Waals surface area contributed by atoms with Gasteiger partial charge in [0.15, 0.2) is 0 Å². The highest BCUT2D eigenvalue weighted by molar-refractivity contribution is 14.1. The van der Waals surface area contributed by atoms with Crippen molar-refractivity contribution >= 4 is 33.5 Å². The van der Waals surface area contributed by atoms with Gasteiger partial charge in [0.05, 0.1) is 5.52 Å². The number of fused-ring (bicyclic) bond motifs is 1. The van der Waals surface area contributed by atoms with Crippen LogP contribution in [0, 0.1) is 3.57 Å². The summed E-state index contributed by atoms with van der Waals surface area (Å²) in [5, 5.41) is 8.03. The molecule has 2 rings (SSSR count). The maximum absolute atomic E-state index is 4.05. The Kier molecular flexibility index (Phi) is 1.37. The van der Waals surface area contributed by atoms with Gasteiger partial charge in [-0.1, -0.05) is 6.07 Å². The van der Waals surface area contributed by atoms with Crippen LogP contribution in [0.4, 0.5) is 0 Å². The van der Waals surface area contributed by atoms with Crippen LogP contribution in [-0.4, -0.2) is 10.2 Å². The van der Waals surface area contributed by atoms with Crippen LogP contribution in [0.25, 0.3) is 10.9 Å². The molecule has 0 unspecified atom stereocenters. The standard InChI is InChI=1S/C7H5IN2/c8-6-2-1-5-4-9-10-7(5)3-6/h1-4H,(H,9,10). The molecule has 1 aromatic carbocycles. The van der Waals surface area contributed by atoms with E-state index in [0.29, 0.717) is 0 Å². The lowest BCUT2D eigenvalue weighted by molar-refractivity contribution is 1.12. The van der Waals surface area contributed by atoms with Gasteiger partial charge in [0.2, 0.25) is 0 Å². The third-order valence-corrected chi connectivity index (χ3v) is 2.07. The number of aromatic amines is 1. The molecule has 0 spiro atoms. The Morgan fingerprint density at radius 2 is 2.30 bits per heavy atom. The van der Waals surface area contributed by atoms with Gasteiger partial charge >= 0.3 is 0 Å². The summed E-state index contributed by atoms with van der Waals surface area (Å²) in [6, 6.07) is 6.17. The summed E-state index contributed by atoms with van der Waals surface area (Å²) in [6.07, 6.45) is 1.89. The first-order valence-electron chi connectivity index (χ1n) is 2.95. The highest BCUT2D eigenvalue weighted by Crippen LogP contribution is 2.13. The second-order valence-electron chi connectivity index (χ2n) is 2.09. The summed E-state index contributed by atoms with van der Waals surface area (Å²) in [6.45, 7) is 0. The number of halogens is 1. The SMILES string of the molecule is Ic1ccc2c[nH]nc2c1. The van der Waals surface area contributed by atoms with Crippen molar-refractivity contribution in [2.24, 2.45) is 0 Å². The molecular formula is C7H5IN2. The molecule has 0 radical (unpaired) electrons. The first-order valence-corrected chi connectivity index (χ1v) is 4.03. The Morgan fingerprint density at radius 1 is 1.40 bits per heavy atom. The summed E-state index contributed by atoms with van der Waals surface area (Å²) < 4.78 is 1.22. The van der Waals surface area contributed by atoms with Gasteiger partial charge in [-0.25, -0.2) is 0 Å². The predicted octanol–water partition coefficient (Wildman–Crippen LogP) is 2.17. The molecule has 2 aromatic rings. The second-order valence-corrected chi connectivity index (χ2v) is 3.33. The summed E-state index contributed by atoms with van der Waals surface area (Å²) in [7, 11) is 0. The van der Waals surface area contributed by atoms with E-state index < -0.39 is 0 Å². The molecular weight excluding hydrogens is 239 g/mol. The van der Waals surface area contributed by atoms with Gasteiger partial charge in [-0.3, -0.25) is 5.10 Å². The third kappa shape index (κ3) is 0.901. The summed E-state index contributed by atoms with van der Waals surface area (Å²) in [5.41, 5.74) is 1.03. The van der Waals surface area contributed by atoms with Crippen molar-refractivity contribution in [3.8, 4) is 0 Å². The molecule has 2 nitrogen and oxygen atoms in total. The van der Waals surface area contributed by atoms with Gasteiger partial charge in [0, 0.05) is 15.2 Å². The Morgan fingerprint density at radius 3 is 3.20 bits per heavy atom. The van der Waals surface area contributed by atoms with Crippen LogP contribution in [-0.2, 0) is 0 Å². The fourth-order valence-corrected chi connectivity index (χ4v) is 1.38. The minimum atomic E-state index is 1.03. The Balaban J connectivity index is 2.86. The number of hydrogen-bond acceptors (Lipinski definition) is 1.